The first-order chi connectivity index (χ1) is 10.8. The van der Waals surface area contributed by atoms with Gasteiger partial charge in [0.1, 0.15) is 5.82 Å². The molecule has 22 heavy (non-hydrogen) atoms. The molecule has 1 aliphatic heterocycles. The Hall–Kier alpha value is -1.78. The van der Waals surface area contributed by atoms with Crippen LogP contribution in [0.2, 0.25) is 0 Å². The molecule has 1 aliphatic carbocycles. The van der Waals surface area contributed by atoms with Crippen molar-refractivity contribution in [2.45, 2.75) is 51.6 Å². The topological polar surface area (TPSA) is 52.6 Å². The van der Waals surface area contributed by atoms with Gasteiger partial charge in [-0.1, -0.05) is 0 Å². The first kappa shape index (κ1) is 15.1. The molecule has 1 saturated carbocycles. The van der Waals surface area contributed by atoms with E-state index in [1.165, 1.54) is 37.7 Å². The normalized spacial score (nSPS) is 19.1. The predicted molar refractivity (Wildman–Crippen MR) is 91.3 cm³/mol. The molecule has 5 heteroatoms. The zero-order valence-corrected chi connectivity index (χ0v) is 13.5. The second kappa shape index (κ2) is 7.47. The third kappa shape index (κ3) is 4.36. The Morgan fingerprint density at radius 1 is 1.32 bits per heavy atom. The van der Waals surface area contributed by atoms with E-state index >= 15 is 0 Å². The maximum Gasteiger partial charge on any atom is 0.191 e. The number of nitrogens with zero attached hydrogens (tertiary/aromatic N) is 3. The van der Waals surface area contributed by atoms with Crippen molar-refractivity contribution in [2.24, 2.45) is 4.99 Å². The fourth-order valence-corrected chi connectivity index (χ4v) is 2.77. The molecule has 120 valence electrons. The third-order valence-electron chi connectivity index (χ3n) is 4.17. The van der Waals surface area contributed by atoms with Gasteiger partial charge in [-0.15, -0.1) is 0 Å². The van der Waals surface area contributed by atoms with Crippen LogP contribution in [0.15, 0.2) is 23.3 Å². The number of hydrogen-bond acceptors (Lipinski definition) is 3. The van der Waals surface area contributed by atoms with Crippen LogP contribution in [0.1, 0.15) is 44.6 Å². The maximum absolute atomic E-state index is 4.70. The van der Waals surface area contributed by atoms with Crippen LogP contribution in [0.5, 0.6) is 0 Å². The van der Waals surface area contributed by atoms with Gasteiger partial charge in [0.15, 0.2) is 5.96 Å². The van der Waals surface area contributed by atoms with Crippen LogP contribution in [0.4, 0.5) is 5.82 Å². The molecule has 0 atom stereocenters. The summed E-state index contributed by atoms with van der Waals surface area (Å²) in [4.78, 5) is 11.6. The number of hydrogen-bond donors (Lipinski definition) is 2. The summed E-state index contributed by atoms with van der Waals surface area (Å²) >= 11 is 0. The zero-order valence-electron chi connectivity index (χ0n) is 13.5. The van der Waals surface area contributed by atoms with E-state index in [2.05, 4.69) is 39.6 Å². The number of pyridine rings is 1. The van der Waals surface area contributed by atoms with E-state index in [0.717, 1.165) is 31.4 Å². The second-order valence-electron chi connectivity index (χ2n) is 6.18. The summed E-state index contributed by atoms with van der Waals surface area (Å²) in [6.45, 7) is 5.96. The molecule has 2 fully saturated rings. The van der Waals surface area contributed by atoms with Gasteiger partial charge in [-0.2, -0.15) is 0 Å². The van der Waals surface area contributed by atoms with Gasteiger partial charge in [-0.25, -0.2) is 9.98 Å². The summed E-state index contributed by atoms with van der Waals surface area (Å²) < 4.78 is 0. The number of rotatable bonds is 5. The van der Waals surface area contributed by atoms with Gasteiger partial charge in [-0.05, 0) is 56.7 Å². The standard InChI is InChI=1S/C17H27N5/c1-2-18-17(21-15-6-7-15)20-13-14-8-9-19-16(12-14)22-10-4-3-5-11-22/h8-9,12,15H,2-7,10-11,13H2,1H3,(H2,18,20,21). The Balaban J connectivity index is 1.63. The minimum absolute atomic E-state index is 0.624. The van der Waals surface area contributed by atoms with E-state index in [-0.39, 0.29) is 0 Å². The van der Waals surface area contributed by atoms with Crippen molar-refractivity contribution in [3.05, 3.63) is 23.9 Å². The highest BCUT2D eigenvalue weighted by Crippen LogP contribution is 2.19. The van der Waals surface area contributed by atoms with Crippen LogP contribution in [0.3, 0.4) is 0 Å². The summed E-state index contributed by atoms with van der Waals surface area (Å²) in [7, 11) is 0. The molecule has 0 bridgehead atoms. The van der Waals surface area contributed by atoms with Crippen LogP contribution in [0, 0.1) is 0 Å². The van der Waals surface area contributed by atoms with Crippen LogP contribution < -0.4 is 15.5 Å². The van der Waals surface area contributed by atoms with Gasteiger partial charge in [-0.3, -0.25) is 0 Å². The smallest absolute Gasteiger partial charge is 0.191 e. The first-order valence-electron chi connectivity index (χ1n) is 8.60. The Morgan fingerprint density at radius 2 is 2.14 bits per heavy atom. The van der Waals surface area contributed by atoms with Gasteiger partial charge in [0.05, 0.1) is 6.54 Å². The highest BCUT2D eigenvalue weighted by molar-refractivity contribution is 5.80. The molecule has 0 unspecified atom stereocenters. The molecule has 0 aromatic carbocycles. The second-order valence-corrected chi connectivity index (χ2v) is 6.18. The van der Waals surface area contributed by atoms with Crippen molar-refractivity contribution in [1.29, 1.82) is 0 Å². The number of anilines is 1. The van der Waals surface area contributed by atoms with Crippen LogP contribution >= 0.6 is 0 Å². The van der Waals surface area contributed by atoms with Crippen LogP contribution in [-0.4, -0.2) is 36.6 Å². The van der Waals surface area contributed by atoms with Crippen molar-refractivity contribution >= 4 is 11.8 Å². The third-order valence-corrected chi connectivity index (χ3v) is 4.17. The lowest BCUT2D eigenvalue weighted by Crippen LogP contribution is -2.38. The molecule has 2 N–H and O–H groups in total. The summed E-state index contributed by atoms with van der Waals surface area (Å²) in [6, 6.07) is 4.88. The van der Waals surface area contributed by atoms with E-state index in [1.807, 2.05) is 6.20 Å². The minimum Gasteiger partial charge on any atom is -0.357 e. The van der Waals surface area contributed by atoms with Gasteiger partial charge in [0, 0.05) is 31.9 Å². The van der Waals surface area contributed by atoms with Gasteiger partial charge in [0.2, 0.25) is 0 Å². The molecule has 1 aromatic rings. The number of aliphatic imine (C=N–C) groups is 1. The van der Waals surface area contributed by atoms with Gasteiger partial charge >= 0.3 is 0 Å². The molecule has 1 aromatic heterocycles. The first-order valence-corrected chi connectivity index (χ1v) is 8.60. The predicted octanol–water partition coefficient (Wildman–Crippen LogP) is 2.29. The molecule has 2 heterocycles. The molecule has 0 radical (unpaired) electrons. The van der Waals surface area contributed by atoms with Crippen LogP contribution in [-0.2, 0) is 6.54 Å². The van der Waals surface area contributed by atoms with E-state index in [0.29, 0.717) is 12.6 Å². The molecule has 2 aliphatic rings. The van der Waals surface area contributed by atoms with Crippen molar-refractivity contribution in [3.63, 3.8) is 0 Å². The SMILES string of the molecule is CCNC(=NCc1ccnc(N2CCCCC2)c1)NC1CC1. The number of guanidine groups is 1. The van der Waals surface area contributed by atoms with Crippen LogP contribution in [0.25, 0.3) is 0 Å². The molecular formula is C17H27N5. The summed E-state index contributed by atoms with van der Waals surface area (Å²) in [5.74, 6) is 2.04. The van der Waals surface area contributed by atoms with Gasteiger partial charge in [0.25, 0.3) is 0 Å². The van der Waals surface area contributed by atoms with E-state index in [1.54, 1.807) is 0 Å². The van der Waals surface area contributed by atoms with Crippen molar-refractivity contribution < 1.29 is 0 Å². The van der Waals surface area contributed by atoms with E-state index in [4.69, 9.17) is 4.99 Å². The van der Waals surface area contributed by atoms with E-state index < -0.39 is 0 Å². The average molecular weight is 301 g/mol. The lowest BCUT2D eigenvalue weighted by atomic mass is 10.1. The summed E-state index contributed by atoms with van der Waals surface area (Å²) in [5.41, 5.74) is 1.23. The molecule has 3 rings (SSSR count). The average Bonchev–Trinajstić information content (AvgIpc) is 3.38. The summed E-state index contributed by atoms with van der Waals surface area (Å²) in [6.07, 6.45) is 8.34. The monoisotopic (exact) mass is 301 g/mol. The van der Waals surface area contributed by atoms with Crippen molar-refractivity contribution in [3.8, 4) is 0 Å². The van der Waals surface area contributed by atoms with E-state index in [9.17, 15) is 0 Å². The van der Waals surface area contributed by atoms with Crippen molar-refractivity contribution in [1.82, 2.24) is 15.6 Å². The lowest BCUT2D eigenvalue weighted by Gasteiger charge is -2.27. The molecule has 0 spiro atoms. The Bertz CT molecular complexity index is 504. The quantitative estimate of drug-likeness (QED) is 0.647. The molecule has 0 amide bonds. The highest BCUT2D eigenvalue weighted by Gasteiger charge is 2.22. The van der Waals surface area contributed by atoms with Gasteiger partial charge < -0.3 is 15.5 Å². The fourth-order valence-electron chi connectivity index (χ4n) is 2.77. The molecule has 5 nitrogen and oxygen atoms in total. The fraction of sp³-hybridized carbons (Fsp3) is 0.647. The zero-order chi connectivity index (χ0) is 15.2. The molecular weight excluding hydrogens is 274 g/mol. The lowest BCUT2D eigenvalue weighted by molar-refractivity contribution is 0.573. The number of nitrogens with one attached hydrogen (secondary N) is 2. The Labute approximate surface area is 133 Å². The van der Waals surface area contributed by atoms with Crippen molar-refractivity contribution in [2.75, 3.05) is 24.5 Å². The largest absolute Gasteiger partial charge is 0.357 e. The Morgan fingerprint density at radius 3 is 2.86 bits per heavy atom. The Kier molecular flexibility index (Phi) is 5.14. The minimum atomic E-state index is 0.624. The molecule has 1 saturated heterocycles. The summed E-state index contributed by atoms with van der Waals surface area (Å²) in [5, 5.41) is 6.77. The number of aromatic nitrogens is 1. The number of piperidine rings is 1. The maximum atomic E-state index is 4.70. The highest BCUT2D eigenvalue weighted by atomic mass is 15.2.